The van der Waals surface area contributed by atoms with Crippen LogP contribution in [0.2, 0.25) is 0 Å². The van der Waals surface area contributed by atoms with Crippen molar-refractivity contribution in [2.45, 2.75) is 44.7 Å². The van der Waals surface area contributed by atoms with Crippen LogP contribution < -0.4 is 10.2 Å². The molecule has 0 bridgehead atoms. The van der Waals surface area contributed by atoms with Crippen molar-refractivity contribution in [1.29, 1.82) is 0 Å². The predicted octanol–water partition coefficient (Wildman–Crippen LogP) is 2.90. The molecule has 1 N–H and O–H groups in total. The molecular formula is C25H24N4O5. The number of hydrogen-bond donors (Lipinski definition) is 1. The van der Waals surface area contributed by atoms with Gasteiger partial charge in [-0.25, -0.2) is 4.90 Å². The van der Waals surface area contributed by atoms with Crippen LogP contribution in [0.5, 0.6) is 0 Å². The van der Waals surface area contributed by atoms with Crippen molar-refractivity contribution in [3.63, 3.8) is 0 Å². The van der Waals surface area contributed by atoms with Crippen LogP contribution in [0.3, 0.4) is 0 Å². The molecule has 0 saturated carbocycles. The van der Waals surface area contributed by atoms with Gasteiger partial charge in [0.15, 0.2) is 0 Å². The minimum Gasteiger partial charge on any atom is -0.324 e. The Morgan fingerprint density at radius 3 is 2.68 bits per heavy atom. The number of carbonyl (C=O) groups is 3. The Kier molecular flexibility index (Phi) is 4.29. The van der Waals surface area contributed by atoms with Crippen LogP contribution >= 0.6 is 0 Å². The third kappa shape index (κ3) is 2.34. The zero-order valence-electron chi connectivity index (χ0n) is 18.9. The summed E-state index contributed by atoms with van der Waals surface area (Å²) in [4.78, 5) is 55.6. The first-order valence-electron chi connectivity index (χ1n) is 11.7. The molecule has 0 aromatic heterocycles. The highest BCUT2D eigenvalue weighted by molar-refractivity contribution is 6.26. The second-order valence-electron chi connectivity index (χ2n) is 9.56. The summed E-state index contributed by atoms with van der Waals surface area (Å²) in [5.41, 5.74) is 2.03. The fourth-order valence-electron chi connectivity index (χ4n) is 6.83. The number of anilines is 2. The molecule has 3 fully saturated rings. The van der Waals surface area contributed by atoms with Gasteiger partial charge in [-0.15, -0.1) is 0 Å². The van der Waals surface area contributed by atoms with Gasteiger partial charge in [-0.2, -0.15) is 0 Å². The number of imide groups is 1. The largest absolute Gasteiger partial charge is 0.324 e. The highest BCUT2D eigenvalue weighted by Crippen LogP contribution is 2.61. The standard InChI is InChI=1S/C25H24N4O5/c1-3-14-6-4-7-16-21(14)26-24(32)25(16)20-19(18-8-5-11-27(18)25)22(30)28(23(20)31)17-10-9-15(29(33)34)12-13(17)2/h4,6-7,9-10,12,18-20H,3,5,8,11H2,1-2H3,(H,26,32)/t18-,19+,20-,25+/m0/s1. The molecule has 3 amide bonds. The number of hydrogen-bond acceptors (Lipinski definition) is 6. The van der Waals surface area contributed by atoms with Crippen LogP contribution in [0, 0.1) is 28.9 Å². The Labute approximate surface area is 195 Å². The molecule has 6 rings (SSSR count). The van der Waals surface area contributed by atoms with Gasteiger partial charge >= 0.3 is 0 Å². The van der Waals surface area contributed by atoms with Gasteiger partial charge in [0, 0.05) is 29.4 Å². The highest BCUT2D eigenvalue weighted by atomic mass is 16.6. The summed E-state index contributed by atoms with van der Waals surface area (Å²) in [6.45, 7) is 4.32. The summed E-state index contributed by atoms with van der Waals surface area (Å²) < 4.78 is 0. The second kappa shape index (κ2) is 6.96. The summed E-state index contributed by atoms with van der Waals surface area (Å²) in [7, 11) is 0. The van der Waals surface area contributed by atoms with Crippen molar-refractivity contribution >= 4 is 34.8 Å². The first kappa shape index (κ1) is 21.0. The van der Waals surface area contributed by atoms with E-state index in [4.69, 9.17) is 0 Å². The number of rotatable bonds is 3. The van der Waals surface area contributed by atoms with E-state index in [-0.39, 0.29) is 23.5 Å². The topological polar surface area (TPSA) is 113 Å². The van der Waals surface area contributed by atoms with Gasteiger partial charge in [-0.1, -0.05) is 25.1 Å². The number of nitrogens with zero attached hydrogens (tertiary/aromatic N) is 3. The van der Waals surface area contributed by atoms with E-state index in [0.29, 0.717) is 17.8 Å². The number of fused-ring (bicyclic) bond motifs is 7. The molecule has 174 valence electrons. The molecule has 0 aliphatic carbocycles. The van der Waals surface area contributed by atoms with Crippen LogP contribution in [0.15, 0.2) is 36.4 Å². The number of nitro benzene ring substituents is 1. The van der Waals surface area contributed by atoms with E-state index in [1.165, 1.54) is 23.1 Å². The van der Waals surface area contributed by atoms with Crippen LogP contribution in [0.4, 0.5) is 17.1 Å². The Balaban J connectivity index is 1.53. The maximum Gasteiger partial charge on any atom is 0.269 e. The average molecular weight is 460 g/mol. The molecule has 1 spiro atoms. The third-order valence-electron chi connectivity index (χ3n) is 8.13. The van der Waals surface area contributed by atoms with E-state index < -0.39 is 28.2 Å². The van der Waals surface area contributed by atoms with Gasteiger partial charge in [-0.05, 0) is 49.9 Å². The number of nitro groups is 1. The fourth-order valence-corrected chi connectivity index (χ4v) is 6.83. The van der Waals surface area contributed by atoms with Gasteiger partial charge in [0.05, 0.1) is 22.4 Å². The minimum absolute atomic E-state index is 0.102. The number of nitrogens with one attached hydrogen (secondary N) is 1. The monoisotopic (exact) mass is 460 g/mol. The van der Waals surface area contributed by atoms with Crippen molar-refractivity contribution in [3.05, 3.63) is 63.2 Å². The molecular weight excluding hydrogens is 436 g/mol. The molecule has 4 aliphatic rings. The Hall–Kier alpha value is -3.59. The zero-order chi connectivity index (χ0) is 23.9. The average Bonchev–Trinajstić information content (AvgIpc) is 3.52. The summed E-state index contributed by atoms with van der Waals surface area (Å²) in [5, 5.41) is 14.2. The summed E-state index contributed by atoms with van der Waals surface area (Å²) >= 11 is 0. The van der Waals surface area contributed by atoms with Crippen molar-refractivity contribution in [2.75, 3.05) is 16.8 Å². The third-order valence-corrected chi connectivity index (χ3v) is 8.13. The number of aryl methyl sites for hydroxylation is 2. The van der Waals surface area contributed by atoms with Crippen LogP contribution in [0.1, 0.15) is 36.5 Å². The molecule has 9 nitrogen and oxygen atoms in total. The molecule has 0 unspecified atom stereocenters. The van der Waals surface area contributed by atoms with Crippen molar-refractivity contribution in [2.24, 2.45) is 11.8 Å². The molecule has 3 saturated heterocycles. The number of benzene rings is 2. The summed E-state index contributed by atoms with van der Waals surface area (Å²) in [5.74, 6) is -2.45. The Morgan fingerprint density at radius 1 is 1.18 bits per heavy atom. The number of amides is 3. The Bertz CT molecular complexity index is 1310. The summed E-state index contributed by atoms with van der Waals surface area (Å²) in [6.07, 6.45) is 2.33. The van der Waals surface area contributed by atoms with Crippen molar-refractivity contribution in [3.8, 4) is 0 Å². The van der Waals surface area contributed by atoms with Crippen LogP contribution in [-0.4, -0.2) is 40.1 Å². The van der Waals surface area contributed by atoms with Gasteiger partial charge < -0.3 is 5.32 Å². The van der Waals surface area contributed by atoms with E-state index in [2.05, 4.69) is 10.2 Å². The number of carbonyl (C=O) groups excluding carboxylic acids is 3. The van der Waals surface area contributed by atoms with Gasteiger partial charge in [0.1, 0.15) is 5.54 Å². The van der Waals surface area contributed by atoms with Crippen molar-refractivity contribution in [1.82, 2.24) is 4.90 Å². The van der Waals surface area contributed by atoms with E-state index in [1.54, 1.807) is 6.92 Å². The number of non-ortho nitro benzene ring substituents is 1. The predicted molar refractivity (Wildman–Crippen MR) is 123 cm³/mol. The normalized spacial score (nSPS) is 29.5. The first-order chi connectivity index (χ1) is 16.3. The smallest absolute Gasteiger partial charge is 0.269 e. The second-order valence-corrected chi connectivity index (χ2v) is 9.56. The van der Waals surface area contributed by atoms with Crippen LogP contribution in [0.25, 0.3) is 0 Å². The first-order valence-corrected chi connectivity index (χ1v) is 11.7. The lowest BCUT2D eigenvalue weighted by Gasteiger charge is -2.36. The van der Waals surface area contributed by atoms with Crippen molar-refractivity contribution < 1.29 is 19.3 Å². The van der Waals surface area contributed by atoms with Gasteiger partial charge in [0.25, 0.3) is 5.69 Å². The van der Waals surface area contributed by atoms with E-state index in [9.17, 15) is 24.5 Å². The zero-order valence-corrected chi connectivity index (χ0v) is 18.9. The Morgan fingerprint density at radius 2 is 1.97 bits per heavy atom. The van der Waals surface area contributed by atoms with Gasteiger partial charge in [0.2, 0.25) is 17.7 Å². The molecule has 4 atom stereocenters. The molecule has 4 heterocycles. The number of para-hydroxylation sites is 1. The van der Waals surface area contributed by atoms with Crippen LogP contribution in [-0.2, 0) is 26.3 Å². The maximum absolute atomic E-state index is 14.0. The van der Waals surface area contributed by atoms with E-state index in [0.717, 1.165) is 36.1 Å². The maximum atomic E-state index is 14.0. The van der Waals surface area contributed by atoms with Gasteiger partial charge in [-0.3, -0.25) is 29.4 Å². The lowest BCUT2D eigenvalue weighted by Crippen LogP contribution is -2.54. The fraction of sp³-hybridized carbons (Fsp3) is 0.400. The molecule has 2 aromatic rings. The SMILES string of the molecule is CCc1cccc2c1NC(=O)[C@]21[C@@H]2C(=O)N(c3ccc([N+](=O)[O-])cc3C)C(=O)[C@@H]2[C@@H]2CCCN21. The quantitative estimate of drug-likeness (QED) is 0.428. The van der Waals surface area contributed by atoms with E-state index >= 15 is 0 Å². The molecule has 0 radical (unpaired) electrons. The minimum atomic E-state index is -1.22. The lowest BCUT2D eigenvalue weighted by atomic mass is 9.75. The molecule has 9 heteroatoms. The molecule has 4 aliphatic heterocycles. The summed E-state index contributed by atoms with van der Waals surface area (Å²) in [6, 6.07) is 9.72. The highest BCUT2D eigenvalue weighted by Gasteiger charge is 2.74. The van der Waals surface area contributed by atoms with E-state index in [1.807, 2.05) is 25.1 Å². The lowest BCUT2D eigenvalue weighted by molar-refractivity contribution is -0.384. The molecule has 2 aromatic carbocycles. The molecule has 34 heavy (non-hydrogen) atoms.